The molecule has 0 radical (unpaired) electrons. The number of rotatable bonds is 7. The number of hydrogen-bond donors (Lipinski definition) is 1. The molecule has 0 saturated heterocycles. The van der Waals surface area contributed by atoms with E-state index in [9.17, 15) is 0 Å². The minimum atomic E-state index is 0.451. The van der Waals surface area contributed by atoms with Gasteiger partial charge in [0.15, 0.2) is 5.15 Å². The van der Waals surface area contributed by atoms with Crippen LogP contribution in [0.3, 0.4) is 0 Å². The molecule has 1 unspecified atom stereocenters. The van der Waals surface area contributed by atoms with Crippen molar-refractivity contribution in [2.45, 2.75) is 58.9 Å². The molecular formula is C14H23ClN2. The highest BCUT2D eigenvalue weighted by atomic mass is 35.5. The molecule has 1 aromatic heterocycles. The summed E-state index contributed by atoms with van der Waals surface area (Å²) in [6, 6.07) is 2.44. The molecule has 1 atom stereocenters. The van der Waals surface area contributed by atoms with Crippen LogP contribution in [-0.2, 0) is 0 Å². The number of hydrogen-bond acceptors (Lipinski definition) is 2. The minimum Gasteiger partial charge on any atom is -0.380 e. The quantitative estimate of drug-likeness (QED) is 0.558. The second-order valence-electron chi connectivity index (χ2n) is 4.69. The molecule has 0 saturated carbocycles. The van der Waals surface area contributed by atoms with Gasteiger partial charge < -0.3 is 5.32 Å². The maximum absolute atomic E-state index is 6.08. The Morgan fingerprint density at radius 1 is 1.35 bits per heavy atom. The molecule has 0 spiro atoms. The highest BCUT2D eigenvalue weighted by Gasteiger charge is 2.08. The van der Waals surface area contributed by atoms with Crippen LogP contribution in [0.5, 0.6) is 0 Å². The Kier molecular flexibility index (Phi) is 6.35. The van der Waals surface area contributed by atoms with Crippen LogP contribution in [0.2, 0.25) is 5.15 Å². The fourth-order valence-electron chi connectivity index (χ4n) is 1.89. The zero-order chi connectivity index (χ0) is 12.7. The molecule has 0 aliphatic heterocycles. The van der Waals surface area contributed by atoms with Gasteiger partial charge in [0.2, 0.25) is 0 Å². The summed E-state index contributed by atoms with van der Waals surface area (Å²) in [6.07, 6.45) is 8.15. The Labute approximate surface area is 110 Å². The van der Waals surface area contributed by atoms with Crippen LogP contribution >= 0.6 is 11.6 Å². The molecule has 0 amide bonds. The number of aryl methyl sites for hydroxylation is 1. The van der Waals surface area contributed by atoms with Crippen molar-refractivity contribution >= 4 is 17.3 Å². The molecule has 0 aliphatic rings. The topological polar surface area (TPSA) is 24.9 Å². The molecular weight excluding hydrogens is 232 g/mol. The Hall–Kier alpha value is -0.760. The first-order valence-electron chi connectivity index (χ1n) is 6.52. The number of nitrogens with zero attached hydrogens (tertiary/aromatic N) is 1. The van der Waals surface area contributed by atoms with Gasteiger partial charge in [-0.15, -0.1) is 0 Å². The molecule has 0 bridgehead atoms. The number of halogens is 1. The fraction of sp³-hybridized carbons (Fsp3) is 0.643. The highest BCUT2D eigenvalue weighted by molar-refractivity contribution is 6.32. The highest BCUT2D eigenvalue weighted by Crippen LogP contribution is 2.24. The van der Waals surface area contributed by atoms with Crippen LogP contribution in [0.25, 0.3) is 0 Å². The fourth-order valence-corrected chi connectivity index (χ4v) is 2.15. The zero-order valence-electron chi connectivity index (χ0n) is 11.1. The molecule has 0 aliphatic carbocycles. The van der Waals surface area contributed by atoms with Gasteiger partial charge in [0.25, 0.3) is 0 Å². The summed E-state index contributed by atoms with van der Waals surface area (Å²) in [5, 5.41) is 4.04. The van der Waals surface area contributed by atoms with Crippen molar-refractivity contribution in [2.24, 2.45) is 0 Å². The lowest BCUT2D eigenvalue weighted by Crippen LogP contribution is -2.16. The van der Waals surface area contributed by atoms with E-state index in [2.05, 4.69) is 31.1 Å². The summed E-state index contributed by atoms with van der Waals surface area (Å²) in [5.74, 6) is 0. The van der Waals surface area contributed by atoms with Gasteiger partial charge in [-0.3, -0.25) is 0 Å². The van der Waals surface area contributed by atoms with Gasteiger partial charge in [-0.25, -0.2) is 4.98 Å². The number of nitrogens with one attached hydrogen (secondary N) is 1. The lowest BCUT2D eigenvalue weighted by atomic mass is 10.1. The van der Waals surface area contributed by atoms with E-state index in [1.54, 1.807) is 6.20 Å². The predicted octanol–water partition coefficient (Wildman–Crippen LogP) is 4.81. The van der Waals surface area contributed by atoms with Gasteiger partial charge in [0.1, 0.15) is 0 Å². The molecule has 0 aromatic carbocycles. The van der Waals surface area contributed by atoms with E-state index < -0.39 is 0 Å². The minimum absolute atomic E-state index is 0.451. The molecule has 1 rings (SSSR count). The van der Waals surface area contributed by atoms with Crippen LogP contribution in [0.1, 0.15) is 51.5 Å². The second kappa shape index (κ2) is 7.54. The first-order chi connectivity index (χ1) is 8.15. The van der Waals surface area contributed by atoms with Crippen LogP contribution in [0.15, 0.2) is 12.3 Å². The molecule has 3 heteroatoms. The summed E-state index contributed by atoms with van der Waals surface area (Å²) in [7, 11) is 0. The van der Waals surface area contributed by atoms with Crippen molar-refractivity contribution in [3.05, 3.63) is 23.0 Å². The number of anilines is 1. The largest absolute Gasteiger partial charge is 0.380 e. The summed E-state index contributed by atoms with van der Waals surface area (Å²) >= 11 is 6.08. The Morgan fingerprint density at radius 3 is 2.76 bits per heavy atom. The van der Waals surface area contributed by atoms with Gasteiger partial charge in [0.05, 0.1) is 5.69 Å². The van der Waals surface area contributed by atoms with Gasteiger partial charge >= 0.3 is 0 Å². The Bertz CT molecular complexity index is 319. The Morgan fingerprint density at radius 2 is 2.12 bits per heavy atom. The summed E-state index contributed by atoms with van der Waals surface area (Å²) < 4.78 is 0. The average molecular weight is 255 g/mol. The summed E-state index contributed by atoms with van der Waals surface area (Å²) in [5.41, 5.74) is 2.14. The second-order valence-corrected chi connectivity index (χ2v) is 5.05. The summed E-state index contributed by atoms with van der Waals surface area (Å²) in [6.45, 7) is 6.49. The monoisotopic (exact) mass is 254 g/mol. The van der Waals surface area contributed by atoms with Gasteiger partial charge in [-0.1, -0.05) is 44.2 Å². The smallest absolute Gasteiger partial charge is 0.152 e. The van der Waals surface area contributed by atoms with E-state index in [0.29, 0.717) is 11.2 Å². The normalized spacial score (nSPS) is 12.5. The molecule has 1 N–H and O–H groups in total. The van der Waals surface area contributed by atoms with Crippen LogP contribution < -0.4 is 5.32 Å². The van der Waals surface area contributed by atoms with Crippen LogP contribution in [0.4, 0.5) is 5.69 Å². The van der Waals surface area contributed by atoms with E-state index in [0.717, 1.165) is 11.3 Å². The number of aromatic nitrogens is 1. The van der Waals surface area contributed by atoms with Gasteiger partial charge in [-0.05, 0) is 31.9 Å². The van der Waals surface area contributed by atoms with Crippen molar-refractivity contribution in [2.75, 3.05) is 5.32 Å². The van der Waals surface area contributed by atoms with Crippen molar-refractivity contribution in [1.29, 1.82) is 0 Å². The maximum Gasteiger partial charge on any atom is 0.152 e. The van der Waals surface area contributed by atoms with Crippen LogP contribution in [0, 0.1) is 6.92 Å². The number of unbranched alkanes of at least 4 members (excludes halogenated alkanes) is 3. The lowest BCUT2D eigenvalue weighted by molar-refractivity contribution is 0.593. The zero-order valence-corrected chi connectivity index (χ0v) is 11.8. The SMILES string of the molecule is CCCCCCC(C)Nc1c(C)ccnc1Cl. The molecule has 2 nitrogen and oxygen atoms in total. The number of pyridine rings is 1. The third-order valence-electron chi connectivity index (χ3n) is 2.99. The predicted molar refractivity (Wildman–Crippen MR) is 75.8 cm³/mol. The first kappa shape index (κ1) is 14.3. The van der Waals surface area contributed by atoms with Crippen LogP contribution in [-0.4, -0.2) is 11.0 Å². The maximum atomic E-state index is 6.08. The molecule has 17 heavy (non-hydrogen) atoms. The van der Waals surface area contributed by atoms with E-state index in [1.807, 2.05) is 6.07 Å². The lowest BCUT2D eigenvalue weighted by Gasteiger charge is -2.17. The van der Waals surface area contributed by atoms with E-state index in [4.69, 9.17) is 11.6 Å². The van der Waals surface area contributed by atoms with E-state index >= 15 is 0 Å². The van der Waals surface area contributed by atoms with Crippen molar-refractivity contribution < 1.29 is 0 Å². The van der Waals surface area contributed by atoms with Gasteiger partial charge in [0, 0.05) is 12.2 Å². The standard InChI is InChI=1S/C14H23ClN2/c1-4-5-6-7-8-12(3)17-13-11(2)9-10-16-14(13)15/h9-10,12,17H,4-8H2,1-3H3. The summed E-state index contributed by atoms with van der Waals surface area (Å²) in [4.78, 5) is 4.11. The van der Waals surface area contributed by atoms with Crippen molar-refractivity contribution in [3.63, 3.8) is 0 Å². The van der Waals surface area contributed by atoms with Gasteiger partial charge in [-0.2, -0.15) is 0 Å². The van der Waals surface area contributed by atoms with E-state index in [-0.39, 0.29) is 0 Å². The van der Waals surface area contributed by atoms with Crippen molar-refractivity contribution in [1.82, 2.24) is 4.98 Å². The third kappa shape index (κ3) is 4.95. The van der Waals surface area contributed by atoms with E-state index in [1.165, 1.54) is 32.1 Å². The molecule has 1 heterocycles. The van der Waals surface area contributed by atoms with Crippen molar-refractivity contribution in [3.8, 4) is 0 Å². The Balaban J connectivity index is 2.42. The third-order valence-corrected chi connectivity index (χ3v) is 3.28. The molecule has 96 valence electrons. The average Bonchev–Trinajstić information content (AvgIpc) is 2.30. The first-order valence-corrected chi connectivity index (χ1v) is 6.90. The molecule has 1 aromatic rings. The molecule has 0 fully saturated rings.